The number of methoxy groups -OCH3 is 1. The van der Waals surface area contributed by atoms with E-state index in [1.54, 1.807) is 24.4 Å². The van der Waals surface area contributed by atoms with Gasteiger partial charge in [0, 0.05) is 23.1 Å². The molecule has 8 nitrogen and oxygen atoms in total. The summed E-state index contributed by atoms with van der Waals surface area (Å²) in [5, 5.41) is 9.09. The zero-order valence-electron chi connectivity index (χ0n) is 19.8. The quantitative estimate of drug-likeness (QED) is 0.417. The van der Waals surface area contributed by atoms with Crippen LogP contribution in [0.1, 0.15) is 39.5 Å². The Hall–Kier alpha value is -3.40. The van der Waals surface area contributed by atoms with Crippen LogP contribution in [-0.2, 0) is 9.59 Å². The van der Waals surface area contributed by atoms with E-state index in [0.29, 0.717) is 29.1 Å². The number of thiazole rings is 1. The molecule has 1 N–H and O–H groups in total. The highest BCUT2D eigenvalue weighted by molar-refractivity contribution is 7.14. The van der Waals surface area contributed by atoms with E-state index >= 15 is 4.39 Å². The Balaban J connectivity index is 1.71. The number of hydrogen-bond acceptors (Lipinski definition) is 7. The molecule has 1 amide bonds. The fraction of sp³-hybridized carbons (Fsp3) is 0.400. The van der Waals surface area contributed by atoms with Crippen molar-refractivity contribution in [3.63, 3.8) is 0 Å². The summed E-state index contributed by atoms with van der Waals surface area (Å²) in [6.07, 6.45) is 4.77. The van der Waals surface area contributed by atoms with Gasteiger partial charge in [0.05, 0.1) is 31.6 Å². The first kappa shape index (κ1) is 24.7. The van der Waals surface area contributed by atoms with Crippen LogP contribution >= 0.6 is 11.3 Å². The maximum absolute atomic E-state index is 15.3. The maximum atomic E-state index is 15.3. The minimum absolute atomic E-state index is 0.0907. The maximum Gasteiger partial charge on any atom is 0.304 e. The fourth-order valence-corrected chi connectivity index (χ4v) is 4.93. The zero-order chi connectivity index (χ0) is 25.1. The number of aromatic nitrogens is 3. The number of carboxylic acids is 1. The van der Waals surface area contributed by atoms with Crippen molar-refractivity contribution < 1.29 is 23.8 Å². The Morgan fingerprint density at radius 1 is 1.20 bits per heavy atom. The molecule has 0 saturated heterocycles. The van der Waals surface area contributed by atoms with Gasteiger partial charge in [0.15, 0.2) is 5.13 Å². The number of carbonyl (C=O) groups excluding carboxylic acids is 1. The number of aliphatic carboxylic acids is 1. The lowest BCUT2D eigenvalue weighted by Gasteiger charge is -2.25. The summed E-state index contributed by atoms with van der Waals surface area (Å²) in [6, 6.07) is 7.06. The second-order valence-electron chi connectivity index (χ2n) is 8.97. The molecule has 0 bridgehead atoms. The van der Waals surface area contributed by atoms with Gasteiger partial charge >= 0.3 is 5.97 Å². The van der Waals surface area contributed by atoms with Crippen LogP contribution in [0, 0.1) is 17.0 Å². The first-order valence-corrected chi connectivity index (χ1v) is 12.3. The minimum Gasteiger partial charge on any atom is -0.481 e. The Kier molecular flexibility index (Phi) is 7.39. The highest BCUT2D eigenvalue weighted by atomic mass is 32.1. The van der Waals surface area contributed by atoms with E-state index in [-0.39, 0.29) is 35.1 Å². The number of halogens is 1. The largest absolute Gasteiger partial charge is 0.481 e. The van der Waals surface area contributed by atoms with Crippen molar-refractivity contribution in [3.8, 4) is 28.4 Å². The van der Waals surface area contributed by atoms with Crippen molar-refractivity contribution in [2.75, 3.05) is 12.0 Å². The fourth-order valence-electron chi connectivity index (χ4n) is 4.04. The summed E-state index contributed by atoms with van der Waals surface area (Å²) in [5.41, 5.74) is 1.82. The summed E-state index contributed by atoms with van der Waals surface area (Å²) in [5.74, 6) is -1.52. The molecule has 184 valence electrons. The standard InChI is InChI=1S/C25H27FN4O4S/c1-14(2)10-15(11-21(31)32)24(33)30(16-8-9-16)25-29-22(23(26)35-25)18-7-5-4-6-17(18)19-12-28-20(34-3)13-27-19/h4-7,12-16H,8-11H2,1-3H3,(H,31,32)/t15-/m1/s1. The minimum atomic E-state index is -1.03. The van der Waals surface area contributed by atoms with E-state index in [9.17, 15) is 14.7 Å². The molecule has 1 saturated carbocycles. The molecule has 2 heterocycles. The number of amides is 1. The van der Waals surface area contributed by atoms with Gasteiger partial charge in [0.2, 0.25) is 16.9 Å². The van der Waals surface area contributed by atoms with Crippen molar-refractivity contribution in [3.05, 3.63) is 41.8 Å². The van der Waals surface area contributed by atoms with E-state index in [0.717, 1.165) is 24.2 Å². The lowest BCUT2D eigenvalue weighted by atomic mass is 9.93. The summed E-state index contributed by atoms with van der Waals surface area (Å²) < 4.78 is 20.4. The van der Waals surface area contributed by atoms with Crippen LogP contribution in [-0.4, -0.2) is 45.1 Å². The summed E-state index contributed by atoms with van der Waals surface area (Å²) in [6.45, 7) is 3.90. The normalized spacial score (nSPS) is 14.1. The van der Waals surface area contributed by atoms with Crippen LogP contribution in [0.4, 0.5) is 9.52 Å². The second kappa shape index (κ2) is 10.5. The van der Waals surface area contributed by atoms with Gasteiger partial charge in [-0.3, -0.25) is 14.5 Å². The van der Waals surface area contributed by atoms with Gasteiger partial charge in [-0.05, 0) is 25.2 Å². The molecule has 3 aromatic rings. The SMILES string of the molecule is COc1cnc(-c2ccccc2-c2nc(N(C(=O)[C@@H](CC(=O)O)CC(C)C)C3CC3)sc2F)cn1. The van der Waals surface area contributed by atoms with Crippen molar-refractivity contribution >= 4 is 28.3 Å². The monoisotopic (exact) mass is 498 g/mol. The van der Waals surface area contributed by atoms with Gasteiger partial charge in [0.25, 0.3) is 0 Å². The summed E-state index contributed by atoms with van der Waals surface area (Å²) in [4.78, 5) is 39.5. The third kappa shape index (κ3) is 5.64. The molecule has 1 aliphatic rings. The van der Waals surface area contributed by atoms with Crippen LogP contribution in [0.3, 0.4) is 0 Å². The third-order valence-corrected chi connectivity index (χ3v) is 6.59. The van der Waals surface area contributed by atoms with Gasteiger partial charge in [-0.25, -0.2) is 15.0 Å². The molecule has 35 heavy (non-hydrogen) atoms. The molecule has 1 aliphatic carbocycles. The molecule has 1 aromatic carbocycles. The highest BCUT2D eigenvalue weighted by Gasteiger charge is 2.40. The Bertz CT molecular complexity index is 1210. The summed E-state index contributed by atoms with van der Waals surface area (Å²) in [7, 11) is 1.50. The second-order valence-corrected chi connectivity index (χ2v) is 9.90. The average Bonchev–Trinajstić information content (AvgIpc) is 3.59. The molecule has 0 aliphatic heterocycles. The van der Waals surface area contributed by atoms with E-state index in [1.807, 2.05) is 19.9 Å². The smallest absolute Gasteiger partial charge is 0.304 e. The Labute approximate surface area is 206 Å². The third-order valence-electron chi connectivity index (χ3n) is 5.75. The van der Waals surface area contributed by atoms with Crippen molar-refractivity contribution in [1.82, 2.24) is 15.0 Å². The number of nitrogens with zero attached hydrogens (tertiary/aromatic N) is 4. The van der Waals surface area contributed by atoms with Crippen molar-refractivity contribution in [2.45, 2.75) is 45.6 Å². The van der Waals surface area contributed by atoms with E-state index in [1.165, 1.54) is 18.2 Å². The number of hydrogen-bond donors (Lipinski definition) is 1. The van der Waals surface area contributed by atoms with Crippen molar-refractivity contribution in [1.29, 1.82) is 0 Å². The molecular weight excluding hydrogens is 471 g/mol. The molecule has 0 unspecified atom stereocenters. The molecule has 1 fully saturated rings. The average molecular weight is 499 g/mol. The molecule has 1 atom stereocenters. The zero-order valence-corrected chi connectivity index (χ0v) is 20.6. The number of carboxylic acid groups (broad SMARTS) is 1. The predicted molar refractivity (Wildman–Crippen MR) is 131 cm³/mol. The predicted octanol–water partition coefficient (Wildman–Crippen LogP) is 5.05. The van der Waals surface area contributed by atoms with Gasteiger partial charge in [0.1, 0.15) is 5.69 Å². The van der Waals surface area contributed by atoms with Gasteiger partial charge in [-0.1, -0.05) is 49.4 Å². The molecule has 0 radical (unpaired) electrons. The number of benzene rings is 1. The highest BCUT2D eigenvalue weighted by Crippen LogP contribution is 2.41. The number of anilines is 1. The molecule has 2 aromatic heterocycles. The number of carbonyl (C=O) groups is 2. The van der Waals surface area contributed by atoms with Crippen molar-refractivity contribution in [2.24, 2.45) is 11.8 Å². The topological polar surface area (TPSA) is 106 Å². The lowest BCUT2D eigenvalue weighted by Crippen LogP contribution is -2.39. The van der Waals surface area contributed by atoms with Crippen LogP contribution in [0.5, 0.6) is 5.88 Å². The first-order chi connectivity index (χ1) is 16.8. The Morgan fingerprint density at radius 3 is 2.49 bits per heavy atom. The van der Waals surface area contributed by atoms with Crippen LogP contribution in [0.25, 0.3) is 22.5 Å². The number of ether oxygens (including phenoxy) is 1. The first-order valence-electron chi connectivity index (χ1n) is 11.5. The summed E-state index contributed by atoms with van der Waals surface area (Å²) >= 11 is 0.803. The van der Waals surface area contributed by atoms with Crippen LogP contribution in [0.15, 0.2) is 36.7 Å². The molecule has 0 spiro atoms. The van der Waals surface area contributed by atoms with Gasteiger partial charge in [-0.15, -0.1) is 0 Å². The molecule has 10 heteroatoms. The van der Waals surface area contributed by atoms with Gasteiger partial charge in [-0.2, -0.15) is 4.39 Å². The molecule has 4 rings (SSSR count). The Morgan fingerprint density at radius 2 is 1.91 bits per heavy atom. The number of rotatable bonds is 10. The van der Waals surface area contributed by atoms with Crippen LogP contribution in [0.2, 0.25) is 0 Å². The van der Waals surface area contributed by atoms with E-state index < -0.39 is 17.0 Å². The van der Waals surface area contributed by atoms with E-state index in [2.05, 4.69) is 15.0 Å². The lowest BCUT2D eigenvalue weighted by molar-refractivity contribution is -0.140. The van der Waals surface area contributed by atoms with E-state index in [4.69, 9.17) is 4.74 Å². The molecular formula is C25H27FN4O4S. The van der Waals surface area contributed by atoms with Gasteiger partial charge < -0.3 is 9.84 Å². The van der Waals surface area contributed by atoms with Crippen LogP contribution < -0.4 is 9.64 Å².